The maximum absolute atomic E-state index is 15.5. The van der Waals surface area contributed by atoms with E-state index in [1.165, 1.54) is 44.8 Å². The van der Waals surface area contributed by atoms with Crippen molar-refractivity contribution >= 4 is 88.5 Å². The van der Waals surface area contributed by atoms with Gasteiger partial charge in [-0.25, -0.2) is 9.37 Å². The zero-order valence-corrected chi connectivity index (χ0v) is 61.7. The molecule has 0 unspecified atom stereocenters. The van der Waals surface area contributed by atoms with Gasteiger partial charge in [-0.3, -0.25) is 62.3 Å². The van der Waals surface area contributed by atoms with E-state index < -0.39 is 193 Å². The van der Waals surface area contributed by atoms with Crippen LogP contribution in [0.5, 0.6) is 11.5 Å². The smallest absolute Gasteiger partial charge is 0.305 e. The first-order valence-corrected chi connectivity index (χ1v) is 35.2. The number of likely N-dealkylation sites (tertiary alicyclic amines) is 1. The molecule has 5 aromatic rings. The summed E-state index contributed by atoms with van der Waals surface area (Å²) in [7, 11) is 1.54. The third-order valence-electron chi connectivity index (χ3n) is 18.2. The van der Waals surface area contributed by atoms with Crippen molar-refractivity contribution in [1.82, 2.24) is 62.7 Å². The molecule has 1 fully saturated rings. The Kier molecular flexibility index (Phi) is 32.0. The second-order valence-corrected chi connectivity index (χ2v) is 27.1. The number of methoxy groups -OCH3 is 1. The molecular weight excluding hydrogens is 1450 g/mol. The quantitative estimate of drug-likeness (QED) is 0.0222. The highest BCUT2D eigenvalue weighted by Crippen LogP contribution is 2.32. The number of carbonyl (C=O) groups is 13. The van der Waals surface area contributed by atoms with Crippen LogP contribution in [0.15, 0.2) is 97.5 Å². The first kappa shape index (κ1) is 86.8. The van der Waals surface area contributed by atoms with Crippen molar-refractivity contribution in [3.05, 3.63) is 136 Å². The van der Waals surface area contributed by atoms with Gasteiger partial charge < -0.3 is 104 Å². The summed E-state index contributed by atoms with van der Waals surface area (Å²) in [6, 6.07) is 9.02. The monoisotopic (exact) mass is 1540 g/mol. The van der Waals surface area contributed by atoms with Gasteiger partial charge in [0.25, 0.3) is 5.91 Å². The fraction of sp³-hybridized carbons (Fsp3) is 0.452. The third-order valence-corrected chi connectivity index (χ3v) is 18.4. The third kappa shape index (κ3) is 24.7. The molecule has 6 rings (SSSR count). The number of carboxylic acids is 2. The Labute approximate surface area is 630 Å². The van der Waals surface area contributed by atoms with Crippen LogP contribution in [0.25, 0.3) is 11.1 Å². The number of imidazole rings is 1. The molecule has 1 aliphatic heterocycles. The molecule has 2 heterocycles. The Balaban J connectivity index is 1.16. The molecule has 0 spiro atoms. The van der Waals surface area contributed by atoms with E-state index in [0.29, 0.717) is 46.2 Å². The van der Waals surface area contributed by atoms with Gasteiger partial charge in [-0.1, -0.05) is 67.1 Å². The van der Waals surface area contributed by atoms with Crippen molar-refractivity contribution < 1.29 is 107 Å². The van der Waals surface area contributed by atoms with Crippen LogP contribution < -0.4 is 63.1 Å². The number of hydrogen-bond acceptors (Lipinski definition) is 20. The summed E-state index contributed by atoms with van der Waals surface area (Å²) in [6.45, 7) is 5.74. The number of ether oxygens (including phenoxy) is 2. The van der Waals surface area contributed by atoms with Crippen molar-refractivity contribution in [2.24, 2.45) is 5.73 Å². The predicted octanol–water partition coefficient (Wildman–Crippen LogP) is -1.05. The Morgan fingerprint density at radius 2 is 1.38 bits per heavy atom. The highest BCUT2D eigenvalue weighted by molar-refractivity contribution is 6.30. The van der Waals surface area contributed by atoms with Gasteiger partial charge in [0.15, 0.2) is 0 Å². The number of aliphatic carboxylic acids is 2. The molecule has 1 aromatic heterocycles. The number of aliphatic hydroxyl groups is 4. The zero-order valence-electron chi connectivity index (χ0n) is 60.9. The minimum Gasteiger partial charge on any atom is -0.497 e. The molecule has 1 saturated heterocycles. The number of aromatic amines is 1. The number of benzene rings is 4. The minimum atomic E-state index is -2.44. The van der Waals surface area contributed by atoms with Crippen LogP contribution >= 0.6 is 11.6 Å². The van der Waals surface area contributed by atoms with Crippen molar-refractivity contribution in [3.8, 4) is 22.6 Å². The van der Waals surface area contributed by atoms with E-state index in [1.807, 2.05) is 19.1 Å². The maximum atomic E-state index is 15.5. The summed E-state index contributed by atoms with van der Waals surface area (Å²) < 4.78 is 26.7. The number of nitrogens with one attached hydrogen (secondary N) is 10. The number of nitrogens with zero attached hydrogens (tertiary/aromatic N) is 2. The van der Waals surface area contributed by atoms with E-state index in [-0.39, 0.29) is 44.4 Å². The fourth-order valence-electron chi connectivity index (χ4n) is 12.0. The molecule has 0 saturated carbocycles. The normalized spacial score (nSPS) is 16.5. The first-order valence-electron chi connectivity index (χ1n) is 34.8. The summed E-state index contributed by atoms with van der Waals surface area (Å²) in [5.74, 6) is -15.8. The van der Waals surface area contributed by atoms with Crippen LogP contribution in [-0.4, -0.2) is 228 Å². The molecule has 0 radical (unpaired) electrons. The molecule has 34 nitrogen and oxygen atoms in total. The van der Waals surface area contributed by atoms with Crippen molar-refractivity contribution in [2.75, 3.05) is 33.4 Å². The van der Waals surface area contributed by atoms with Gasteiger partial charge in [-0.05, 0) is 130 Å². The summed E-state index contributed by atoms with van der Waals surface area (Å²) in [5.41, 5.74) is 5.55. The molecule has 36 heteroatoms. The van der Waals surface area contributed by atoms with E-state index in [1.54, 1.807) is 55.5 Å². The number of halogens is 2. The number of primary amides is 1. The lowest BCUT2D eigenvalue weighted by Crippen LogP contribution is -2.67. The summed E-state index contributed by atoms with van der Waals surface area (Å²) in [6.07, 6.45) is -5.40. The number of nitrogens with two attached hydrogens (primary N) is 1. The number of aromatic nitrogens is 2. The Morgan fingerprint density at radius 1 is 0.734 bits per heavy atom. The number of carboxylic acid groups (broad SMARTS) is 2. The Morgan fingerprint density at radius 3 is 1.98 bits per heavy atom. The fourth-order valence-corrected chi connectivity index (χ4v) is 12.2. The SMILES string of the molecule is CCc1cc(OC)ccc1-c1ccc(C[C@H](NC(=O)[C@H](CC(=O)O)NC(=O)[C@H](CO)NC(=O)[C@@H](NC(=O)[C@@](C)(Cc2ccccc2F)NC(=O)[C@@H](NC(=O)CNC(=O)[C@H](CCC(=O)O)NC(=O)[C@@]2(C)CCCN2C(=O)[C@@H](O)Cc2cnc[nH]2)[C@@H](C)O)[C@@H](C)O)C(=O)N[C@@H](CCOc2ccc(Cl)cc2C)C(N)=O)cc1. The molecule has 11 amide bonds. The van der Waals surface area contributed by atoms with Crippen molar-refractivity contribution in [2.45, 2.75) is 177 Å². The van der Waals surface area contributed by atoms with E-state index in [9.17, 15) is 93.0 Å². The molecular formula is C73H93ClFN13O21. The number of aliphatic hydroxyl groups excluding tert-OH is 4. The minimum absolute atomic E-state index is 0.0388. The molecule has 0 aliphatic carbocycles. The summed E-state index contributed by atoms with van der Waals surface area (Å²) in [5, 5.41) is 84.0. The zero-order chi connectivity index (χ0) is 80.6. The number of hydrogen-bond donors (Lipinski definition) is 17. The summed E-state index contributed by atoms with van der Waals surface area (Å²) >= 11 is 6.09. The molecule has 590 valence electrons. The van der Waals surface area contributed by atoms with Gasteiger partial charge in [-0.2, -0.15) is 0 Å². The van der Waals surface area contributed by atoms with Crippen molar-refractivity contribution in [3.63, 3.8) is 0 Å². The van der Waals surface area contributed by atoms with E-state index >= 15 is 4.39 Å². The standard InChI is InChI=1S/C73H93ClFN13O21/c1-8-42-30-47(108-7)19-20-48(42)43-16-14-41(15-17-43)29-52(64(100)80-50(62(76)98)24-27-109-56-22-18-45(74)28-38(56)2)81-65(101)53(32-59(96)97)82-66(102)54(36-89)83-67(103)60(39(3)90)86-70(106)72(5,33-44-12-9-10-13-49(44)75)87-68(104)61(40(4)91)85-57(93)35-78-63(99)51(21-23-58(94)95)84-71(107)73(6)25-11-26-88(73)69(105)55(92)31-46-34-77-37-79-46/h9-10,12-20,22,28,30,34,37,39-40,50-55,60-61,89-92H,8,11,21,23-27,29,31-33,35-36H2,1-7H3,(H2,76,98)(H,77,79)(H,78,99)(H,80,100)(H,81,101)(H,82,102)(H,83,103)(H,84,107)(H,85,93)(H,86,106)(H,87,104)(H,94,95)(H,96,97)/t39-,40-,50+,51+,52+,53+,54+,55+,60+,61+,72-,73-/m1/s1. The molecule has 12 atom stereocenters. The van der Waals surface area contributed by atoms with Crippen LogP contribution in [0.1, 0.15) is 101 Å². The maximum Gasteiger partial charge on any atom is 0.305 e. The van der Waals surface area contributed by atoms with Gasteiger partial charge in [0.05, 0.1) is 51.8 Å². The molecule has 0 bridgehead atoms. The second-order valence-electron chi connectivity index (χ2n) is 26.7. The summed E-state index contributed by atoms with van der Waals surface area (Å²) in [4.78, 5) is 185. The second kappa shape index (κ2) is 40.2. The molecule has 109 heavy (non-hydrogen) atoms. The average Bonchev–Trinajstić information content (AvgIpc) is 1.65. The lowest BCUT2D eigenvalue weighted by molar-refractivity contribution is -0.151. The highest BCUT2D eigenvalue weighted by atomic mass is 35.5. The van der Waals surface area contributed by atoms with Gasteiger partial charge in [0.2, 0.25) is 59.1 Å². The molecule has 1 aliphatic rings. The first-order chi connectivity index (χ1) is 51.5. The highest BCUT2D eigenvalue weighted by Gasteiger charge is 2.49. The number of H-pyrrole nitrogens is 1. The van der Waals surface area contributed by atoms with Crippen LogP contribution in [0.2, 0.25) is 5.02 Å². The van der Waals surface area contributed by atoms with Gasteiger partial charge in [0, 0.05) is 55.6 Å². The Hall–Kier alpha value is -11.1. The van der Waals surface area contributed by atoms with Crippen LogP contribution in [0, 0.1) is 12.7 Å². The average molecular weight is 1540 g/mol. The number of carbonyl (C=O) groups excluding carboxylic acids is 11. The van der Waals surface area contributed by atoms with E-state index in [0.717, 1.165) is 48.4 Å². The lowest BCUT2D eigenvalue weighted by Gasteiger charge is -2.36. The number of aryl methyl sites for hydroxylation is 2. The van der Waals surface area contributed by atoms with Crippen LogP contribution in [-0.2, 0) is 88.0 Å². The lowest BCUT2D eigenvalue weighted by atomic mass is 9.90. The van der Waals surface area contributed by atoms with E-state index in [4.69, 9.17) is 26.8 Å². The van der Waals surface area contributed by atoms with Crippen LogP contribution in [0.4, 0.5) is 4.39 Å². The largest absolute Gasteiger partial charge is 0.497 e. The number of rotatable bonds is 41. The van der Waals surface area contributed by atoms with Gasteiger partial charge >= 0.3 is 11.9 Å². The van der Waals surface area contributed by atoms with Crippen LogP contribution in [0.3, 0.4) is 0 Å². The Bertz CT molecular complexity index is 4100. The van der Waals surface area contributed by atoms with Gasteiger partial charge in [-0.15, -0.1) is 0 Å². The topological polar surface area (TPSA) is 528 Å². The van der Waals surface area contributed by atoms with Crippen molar-refractivity contribution in [1.29, 1.82) is 0 Å². The van der Waals surface area contributed by atoms with E-state index in [2.05, 4.69) is 57.8 Å². The molecule has 4 aromatic carbocycles. The molecule has 18 N–H and O–H groups in total. The predicted molar refractivity (Wildman–Crippen MR) is 387 cm³/mol. The number of amides is 11. The van der Waals surface area contributed by atoms with Gasteiger partial charge in [0.1, 0.15) is 76.8 Å².